The number of benzene rings is 2. The molecule has 1 saturated heterocycles. The molecule has 36 heavy (non-hydrogen) atoms. The van der Waals surface area contributed by atoms with Crippen LogP contribution in [-0.2, 0) is 28.4 Å². The van der Waals surface area contributed by atoms with Gasteiger partial charge in [0, 0.05) is 30.8 Å². The lowest BCUT2D eigenvalue weighted by Crippen LogP contribution is -2.12. The van der Waals surface area contributed by atoms with Crippen LogP contribution in [0.1, 0.15) is 36.0 Å². The van der Waals surface area contributed by atoms with E-state index in [1.807, 2.05) is 0 Å². The van der Waals surface area contributed by atoms with Gasteiger partial charge in [-0.05, 0) is 59.9 Å². The van der Waals surface area contributed by atoms with Gasteiger partial charge in [0.25, 0.3) is 0 Å². The number of rotatable bonds is 5. The summed E-state index contributed by atoms with van der Waals surface area (Å²) < 4.78 is 76.8. The van der Waals surface area contributed by atoms with Gasteiger partial charge in [0.2, 0.25) is 11.8 Å². The second-order valence-electron chi connectivity index (χ2n) is 8.15. The number of halogens is 6. The number of H-pyrrole nitrogens is 1. The van der Waals surface area contributed by atoms with Crippen molar-refractivity contribution < 1.29 is 35.9 Å². The largest absolute Gasteiger partial charge is 0.416 e. The third-order valence-corrected chi connectivity index (χ3v) is 5.47. The first-order valence-electron chi connectivity index (χ1n) is 11.0. The molecular weight excluding hydrogens is 488 g/mol. The van der Waals surface area contributed by atoms with Gasteiger partial charge in [0.1, 0.15) is 0 Å². The number of hydrogen-bond acceptors (Lipinski definition) is 2. The van der Waals surface area contributed by atoms with Gasteiger partial charge in [0.15, 0.2) is 0 Å². The Labute approximate surface area is 202 Å². The fraction of sp³-hybridized carbons (Fsp3) is 0.280. The predicted molar refractivity (Wildman–Crippen MR) is 121 cm³/mol. The van der Waals surface area contributed by atoms with E-state index in [2.05, 4.69) is 10.3 Å². The average Bonchev–Trinajstić information content (AvgIpc) is 3.46. The zero-order valence-corrected chi connectivity index (χ0v) is 18.9. The second-order valence-corrected chi connectivity index (χ2v) is 8.15. The van der Waals surface area contributed by atoms with Crippen LogP contribution >= 0.6 is 0 Å². The summed E-state index contributed by atoms with van der Waals surface area (Å²) in [6.45, 7) is 0.888. The fourth-order valence-corrected chi connectivity index (χ4v) is 3.60. The molecule has 0 spiro atoms. The van der Waals surface area contributed by atoms with E-state index in [0.717, 1.165) is 43.7 Å². The topological polar surface area (TPSA) is 88.0 Å². The van der Waals surface area contributed by atoms with Crippen molar-refractivity contribution >= 4 is 11.8 Å². The second kappa shape index (κ2) is 10.9. The molecule has 2 amide bonds. The molecule has 1 fully saturated rings. The monoisotopic (exact) mass is 511 g/mol. The quantitative estimate of drug-likeness (QED) is 0.384. The number of carbonyl (C=O) groups excluding carboxylic acids is 2. The number of aryl methyl sites for hydroxylation is 1. The number of nitrogens with two attached hydrogens (primary N) is 1. The van der Waals surface area contributed by atoms with E-state index in [0.29, 0.717) is 28.1 Å². The van der Waals surface area contributed by atoms with Crippen LogP contribution in [0.25, 0.3) is 22.5 Å². The molecular formula is C25H23F6N3O2. The van der Waals surface area contributed by atoms with Crippen LogP contribution in [0.15, 0.2) is 54.6 Å². The fourth-order valence-electron chi connectivity index (χ4n) is 3.60. The highest BCUT2D eigenvalue weighted by molar-refractivity contribution is 5.77. The van der Waals surface area contributed by atoms with E-state index in [1.54, 1.807) is 6.07 Å². The Morgan fingerprint density at radius 3 is 1.78 bits per heavy atom. The summed E-state index contributed by atoms with van der Waals surface area (Å²) in [5.74, 6) is -0.347. The summed E-state index contributed by atoms with van der Waals surface area (Å²) in [5, 5.41) is 2.68. The minimum Gasteiger partial charge on any atom is -0.370 e. The van der Waals surface area contributed by atoms with Crippen LogP contribution in [0.4, 0.5) is 26.3 Å². The van der Waals surface area contributed by atoms with Gasteiger partial charge >= 0.3 is 12.4 Å². The van der Waals surface area contributed by atoms with Crippen molar-refractivity contribution in [3.63, 3.8) is 0 Å². The van der Waals surface area contributed by atoms with Crippen LogP contribution in [0.5, 0.6) is 0 Å². The number of primary amides is 1. The lowest BCUT2D eigenvalue weighted by Gasteiger charge is -2.08. The van der Waals surface area contributed by atoms with Gasteiger partial charge in [-0.2, -0.15) is 26.3 Å². The van der Waals surface area contributed by atoms with Crippen LogP contribution < -0.4 is 11.1 Å². The Hall–Kier alpha value is -3.76. The Morgan fingerprint density at radius 2 is 1.39 bits per heavy atom. The summed E-state index contributed by atoms with van der Waals surface area (Å²) in [6, 6.07) is 10.6. The maximum absolute atomic E-state index is 12.8. The van der Waals surface area contributed by atoms with Crippen molar-refractivity contribution in [2.24, 2.45) is 5.73 Å². The Bertz CT molecular complexity index is 1190. The SMILES string of the molecule is NC(=O)CCc1cc(-c2ccc(C(F)(F)F)cc2)[nH]c1-c1ccc(C(F)(F)F)cc1.O=C1CCCN1. The first-order valence-corrected chi connectivity index (χ1v) is 11.0. The number of carbonyl (C=O) groups is 2. The van der Waals surface area contributed by atoms with Gasteiger partial charge in [-0.15, -0.1) is 0 Å². The molecule has 0 aliphatic carbocycles. The van der Waals surface area contributed by atoms with Gasteiger partial charge < -0.3 is 16.0 Å². The van der Waals surface area contributed by atoms with E-state index >= 15 is 0 Å². The minimum atomic E-state index is -4.48. The highest BCUT2D eigenvalue weighted by atomic mass is 19.4. The Balaban J connectivity index is 0.000000526. The summed E-state index contributed by atoms with van der Waals surface area (Å²) in [6.07, 6.45) is -6.94. The first kappa shape index (κ1) is 26.8. The normalized spacial score (nSPS) is 13.7. The lowest BCUT2D eigenvalue weighted by atomic mass is 10.0. The Morgan fingerprint density at radius 1 is 0.861 bits per heavy atom. The maximum Gasteiger partial charge on any atom is 0.416 e. The van der Waals surface area contributed by atoms with E-state index in [1.165, 1.54) is 24.3 Å². The van der Waals surface area contributed by atoms with Gasteiger partial charge in [-0.3, -0.25) is 9.59 Å². The molecule has 0 atom stereocenters. The highest BCUT2D eigenvalue weighted by Gasteiger charge is 2.31. The lowest BCUT2D eigenvalue weighted by molar-refractivity contribution is -0.138. The van der Waals surface area contributed by atoms with E-state index in [4.69, 9.17) is 5.73 Å². The Kier molecular flexibility index (Phi) is 8.11. The van der Waals surface area contributed by atoms with Crippen LogP contribution in [0, 0.1) is 0 Å². The average molecular weight is 511 g/mol. The molecule has 192 valence electrons. The highest BCUT2D eigenvalue weighted by Crippen LogP contribution is 2.35. The molecule has 1 aliphatic rings. The zero-order chi connectivity index (χ0) is 26.5. The number of amides is 2. The van der Waals surface area contributed by atoms with Gasteiger partial charge in [-0.1, -0.05) is 24.3 Å². The van der Waals surface area contributed by atoms with Crippen molar-refractivity contribution in [1.29, 1.82) is 0 Å². The molecule has 5 nitrogen and oxygen atoms in total. The molecule has 1 aromatic heterocycles. The molecule has 1 aliphatic heterocycles. The number of alkyl halides is 6. The van der Waals surface area contributed by atoms with Gasteiger partial charge in [0.05, 0.1) is 11.1 Å². The third-order valence-electron chi connectivity index (χ3n) is 5.47. The molecule has 2 aromatic carbocycles. The summed E-state index contributed by atoms with van der Waals surface area (Å²) in [5.41, 5.74) is 6.05. The number of nitrogens with one attached hydrogen (secondary N) is 2. The molecule has 2 heterocycles. The van der Waals surface area contributed by atoms with E-state index in [9.17, 15) is 35.9 Å². The first-order chi connectivity index (χ1) is 16.8. The molecule has 4 N–H and O–H groups in total. The zero-order valence-electron chi connectivity index (χ0n) is 18.9. The molecule has 0 saturated carbocycles. The van der Waals surface area contributed by atoms with Crippen molar-refractivity contribution in [2.75, 3.05) is 6.54 Å². The summed E-state index contributed by atoms with van der Waals surface area (Å²) >= 11 is 0. The van der Waals surface area contributed by atoms with Crippen molar-refractivity contribution in [1.82, 2.24) is 10.3 Å². The molecule has 4 rings (SSSR count). The van der Waals surface area contributed by atoms with Crippen LogP contribution in [0.3, 0.4) is 0 Å². The molecule has 0 bridgehead atoms. The smallest absolute Gasteiger partial charge is 0.370 e. The molecule has 0 radical (unpaired) electrons. The predicted octanol–water partition coefficient (Wildman–Crippen LogP) is 5.70. The maximum atomic E-state index is 12.8. The number of aromatic amines is 1. The minimum absolute atomic E-state index is 0.0118. The molecule has 3 aromatic rings. The molecule has 0 unspecified atom stereocenters. The van der Waals surface area contributed by atoms with E-state index < -0.39 is 29.4 Å². The molecule has 11 heteroatoms. The number of hydrogen-bond donors (Lipinski definition) is 3. The third kappa shape index (κ3) is 7.12. The van der Waals surface area contributed by atoms with Crippen LogP contribution in [-0.4, -0.2) is 23.3 Å². The standard InChI is InChI=1S/C21H16F6N2O.C4H7NO/c22-20(23,24)15-6-1-12(2-7-15)17-11-14(5-10-18(28)30)19(29-17)13-3-8-16(9-4-13)21(25,26)27;6-4-2-1-3-5-4/h1-4,6-9,11,29H,5,10H2,(H2,28,30);1-3H2,(H,5,6). The van der Waals surface area contributed by atoms with Gasteiger partial charge in [-0.25, -0.2) is 0 Å². The van der Waals surface area contributed by atoms with E-state index in [-0.39, 0.29) is 18.7 Å². The van der Waals surface area contributed by atoms with Crippen LogP contribution in [0.2, 0.25) is 0 Å². The van der Waals surface area contributed by atoms with Crippen molar-refractivity contribution in [3.05, 3.63) is 71.3 Å². The van der Waals surface area contributed by atoms with Crippen molar-refractivity contribution in [2.45, 2.75) is 38.0 Å². The summed E-state index contributed by atoms with van der Waals surface area (Å²) in [7, 11) is 0. The number of aromatic nitrogens is 1. The summed E-state index contributed by atoms with van der Waals surface area (Å²) in [4.78, 5) is 24.3. The van der Waals surface area contributed by atoms with Crippen molar-refractivity contribution in [3.8, 4) is 22.5 Å².